The molecule has 1 aromatic heterocycles. The van der Waals surface area contributed by atoms with Gasteiger partial charge in [-0.05, 0) is 48.4 Å². The number of Topliss-reactive ketones (excluding diaryl/α,β-unsaturated/α-hetero) is 1. The molecule has 0 spiro atoms. The molecule has 0 aliphatic heterocycles. The number of ketones is 1. The summed E-state index contributed by atoms with van der Waals surface area (Å²) in [6.07, 6.45) is 0.596. The molecule has 1 amide bonds. The number of aryl methyl sites for hydroxylation is 1. The molecule has 0 saturated heterocycles. The van der Waals surface area contributed by atoms with Crippen LogP contribution in [0.2, 0.25) is 0 Å². The van der Waals surface area contributed by atoms with Gasteiger partial charge in [0.1, 0.15) is 5.75 Å². The van der Waals surface area contributed by atoms with E-state index in [1.165, 1.54) is 13.2 Å². The molecule has 0 aliphatic carbocycles. The maximum Gasteiger partial charge on any atom is 0.226 e. The lowest BCUT2D eigenvalue weighted by atomic mass is 9.98. The standard InChI is InChI=1S/C25H24F2N2O3/c1-4-24(31)29(2)19-10-5-16(6-11-19)20-12-7-18(15-22(20)32-3)21(30)13-8-17-9-14-23(26)28-25(17)27/h5-7,9-12,14-15H,4,8,13H2,1-3H3. The normalized spacial score (nSPS) is 10.7. The van der Waals surface area contributed by atoms with Gasteiger partial charge in [0.2, 0.25) is 17.8 Å². The Morgan fingerprint density at radius 3 is 2.38 bits per heavy atom. The monoisotopic (exact) mass is 438 g/mol. The van der Waals surface area contributed by atoms with Gasteiger partial charge in [-0.2, -0.15) is 13.8 Å². The minimum Gasteiger partial charge on any atom is -0.496 e. The molecule has 0 radical (unpaired) electrons. The first-order chi connectivity index (χ1) is 15.3. The fourth-order valence-corrected chi connectivity index (χ4v) is 3.37. The van der Waals surface area contributed by atoms with Crippen LogP contribution in [0.4, 0.5) is 14.5 Å². The predicted molar refractivity (Wildman–Crippen MR) is 119 cm³/mol. The van der Waals surface area contributed by atoms with Crippen LogP contribution < -0.4 is 9.64 Å². The van der Waals surface area contributed by atoms with Crippen LogP contribution >= 0.6 is 0 Å². The second-order valence-corrected chi connectivity index (χ2v) is 7.28. The molecule has 166 valence electrons. The summed E-state index contributed by atoms with van der Waals surface area (Å²) in [7, 11) is 3.25. The van der Waals surface area contributed by atoms with Gasteiger partial charge in [-0.25, -0.2) is 0 Å². The lowest BCUT2D eigenvalue weighted by Gasteiger charge is -2.17. The molecule has 0 saturated carbocycles. The van der Waals surface area contributed by atoms with Gasteiger partial charge in [0.15, 0.2) is 5.78 Å². The topological polar surface area (TPSA) is 59.5 Å². The van der Waals surface area contributed by atoms with E-state index in [4.69, 9.17) is 4.74 Å². The molecular formula is C25H24F2N2O3. The Bertz CT molecular complexity index is 1130. The molecule has 5 nitrogen and oxygen atoms in total. The van der Waals surface area contributed by atoms with Gasteiger partial charge in [-0.3, -0.25) is 9.59 Å². The van der Waals surface area contributed by atoms with Crippen molar-refractivity contribution >= 4 is 17.4 Å². The van der Waals surface area contributed by atoms with Crippen molar-refractivity contribution in [1.82, 2.24) is 4.98 Å². The molecule has 3 rings (SSSR count). The molecule has 0 bridgehead atoms. The first kappa shape index (κ1) is 23.1. The second-order valence-electron chi connectivity index (χ2n) is 7.28. The average molecular weight is 438 g/mol. The van der Waals surface area contributed by atoms with Crippen molar-refractivity contribution in [2.24, 2.45) is 0 Å². The van der Waals surface area contributed by atoms with Gasteiger partial charge in [0.25, 0.3) is 0 Å². The van der Waals surface area contributed by atoms with Gasteiger partial charge in [-0.1, -0.05) is 25.1 Å². The number of hydrogen-bond donors (Lipinski definition) is 0. The van der Waals surface area contributed by atoms with E-state index < -0.39 is 11.9 Å². The fraction of sp³-hybridized carbons (Fsp3) is 0.240. The Morgan fingerprint density at radius 1 is 1.03 bits per heavy atom. The van der Waals surface area contributed by atoms with E-state index in [9.17, 15) is 18.4 Å². The molecule has 0 aliphatic rings. The van der Waals surface area contributed by atoms with Gasteiger partial charge in [0, 0.05) is 42.3 Å². The van der Waals surface area contributed by atoms with Crippen molar-refractivity contribution in [1.29, 1.82) is 0 Å². The summed E-state index contributed by atoms with van der Waals surface area (Å²) in [5.41, 5.74) is 3.09. The van der Waals surface area contributed by atoms with Crippen molar-refractivity contribution in [2.45, 2.75) is 26.2 Å². The molecule has 1 heterocycles. The zero-order chi connectivity index (χ0) is 23.3. The Balaban J connectivity index is 1.76. The van der Waals surface area contributed by atoms with Gasteiger partial charge in [0.05, 0.1) is 7.11 Å². The number of carbonyl (C=O) groups excluding carboxylic acids is 2. The minimum atomic E-state index is -0.902. The Kier molecular flexibility index (Phi) is 7.30. The van der Waals surface area contributed by atoms with Crippen LogP contribution in [0, 0.1) is 11.9 Å². The van der Waals surface area contributed by atoms with E-state index in [-0.39, 0.29) is 30.1 Å². The third-order valence-electron chi connectivity index (χ3n) is 5.28. The van der Waals surface area contributed by atoms with Crippen molar-refractivity contribution in [3.05, 3.63) is 77.6 Å². The molecule has 0 unspecified atom stereocenters. The van der Waals surface area contributed by atoms with E-state index in [2.05, 4.69) is 4.98 Å². The third-order valence-corrected chi connectivity index (χ3v) is 5.28. The average Bonchev–Trinajstić information content (AvgIpc) is 2.82. The summed E-state index contributed by atoms with van der Waals surface area (Å²) in [5, 5.41) is 0. The highest BCUT2D eigenvalue weighted by molar-refractivity contribution is 5.97. The SMILES string of the molecule is CCC(=O)N(C)c1ccc(-c2ccc(C(=O)CCc3ccc(F)nc3F)cc2OC)cc1. The number of ether oxygens (including phenoxy) is 1. The van der Waals surface area contributed by atoms with Crippen molar-refractivity contribution in [3.8, 4) is 16.9 Å². The lowest BCUT2D eigenvalue weighted by molar-refractivity contribution is -0.118. The first-order valence-corrected chi connectivity index (χ1v) is 10.2. The van der Waals surface area contributed by atoms with E-state index in [1.807, 2.05) is 31.2 Å². The molecule has 0 N–H and O–H groups in total. The highest BCUT2D eigenvalue weighted by atomic mass is 19.1. The van der Waals surface area contributed by atoms with E-state index >= 15 is 0 Å². The third kappa shape index (κ3) is 5.17. The highest BCUT2D eigenvalue weighted by Gasteiger charge is 2.14. The largest absolute Gasteiger partial charge is 0.496 e. The summed E-state index contributed by atoms with van der Waals surface area (Å²) in [6.45, 7) is 1.81. The van der Waals surface area contributed by atoms with Crippen molar-refractivity contribution in [3.63, 3.8) is 0 Å². The van der Waals surface area contributed by atoms with Crippen LogP contribution in [-0.4, -0.2) is 30.8 Å². The van der Waals surface area contributed by atoms with Gasteiger partial charge < -0.3 is 9.64 Å². The maximum absolute atomic E-state index is 13.7. The van der Waals surface area contributed by atoms with Crippen LogP contribution in [0.5, 0.6) is 5.75 Å². The first-order valence-electron chi connectivity index (χ1n) is 10.2. The van der Waals surface area contributed by atoms with Crippen LogP contribution in [-0.2, 0) is 11.2 Å². The predicted octanol–water partition coefficient (Wildman–Crippen LogP) is 5.22. The van der Waals surface area contributed by atoms with Gasteiger partial charge >= 0.3 is 0 Å². The number of carbonyl (C=O) groups is 2. The highest BCUT2D eigenvalue weighted by Crippen LogP contribution is 2.32. The van der Waals surface area contributed by atoms with Crippen LogP contribution in [0.1, 0.15) is 35.7 Å². The number of anilines is 1. The Hall–Kier alpha value is -3.61. The number of halogens is 2. The second kappa shape index (κ2) is 10.1. The summed E-state index contributed by atoms with van der Waals surface area (Å²) in [6, 6.07) is 15.0. The van der Waals surface area contributed by atoms with E-state index in [0.717, 1.165) is 22.9 Å². The molecule has 2 aromatic carbocycles. The lowest BCUT2D eigenvalue weighted by Crippen LogP contribution is -2.24. The molecule has 32 heavy (non-hydrogen) atoms. The minimum absolute atomic E-state index is 0.0227. The number of hydrogen-bond acceptors (Lipinski definition) is 4. The summed E-state index contributed by atoms with van der Waals surface area (Å²) >= 11 is 0. The zero-order valence-corrected chi connectivity index (χ0v) is 18.2. The van der Waals surface area contributed by atoms with Crippen LogP contribution in [0.15, 0.2) is 54.6 Å². The molecule has 3 aromatic rings. The Morgan fingerprint density at radius 2 is 1.75 bits per heavy atom. The number of aromatic nitrogens is 1. The number of rotatable bonds is 8. The molecule has 0 atom stereocenters. The number of methoxy groups -OCH3 is 1. The maximum atomic E-state index is 13.7. The van der Waals surface area contributed by atoms with Crippen LogP contribution in [0.25, 0.3) is 11.1 Å². The number of nitrogens with zero attached hydrogens (tertiary/aromatic N) is 2. The summed E-state index contributed by atoms with van der Waals surface area (Å²) < 4.78 is 32.1. The van der Waals surface area contributed by atoms with Crippen molar-refractivity contribution < 1.29 is 23.1 Å². The fourth-order valence-electron chi connectivity index (χ4n) is 3.37. The van der Waals surface area contributed by atoms with Crippen LogP contribution in [0.3, 0.4) is 0 Å². The quantitative estimate of drug-likeness (QED) is 0.357. The summed E-state index contributed by atoms with van der Waals surface area (Å²) in [4.78, 5) is 29.2. The Labute approximate surface area is 185 Å². The van der Waals surface area contributed by atoms with E-state index in [0.29, 0.717) is 17.7 Å². The zero-order valence-electron chi connectivity index (χ0n) is 18.2. The summed E-state index contributed by atoms with van der Waals surface area (Å²) in [5.74, 6) is -1.44. The molecule has 0 fully saturated rings. The van der Waals surface area contributed by atoms with Gasteiger partial charge in [-0.15, -0.1) is 0 Å². The number of benzene rings is 2. The number of amides is 1. The van der Waals surface area contributed by atoms with Crippen molar-refractivity contribution in [2.75, 3.05) is 19.1 Å². The molecule has 7 heteroatoms. The van der Waals surface area contributed by atoms with E-state index in [1.54, 1.807) is 30.1 Å². The molecular weight excluding hydrogens is 414 g/mol. The number of pyridine rings is 1. The smallest absolute Gasteiger partial charge is 0.226 e.